The van der Waals surface area contributed by atoms with Crippen molar-refractivity contribution in [2.75, 3.05) is 13.1 Å². The highest BCUT2D eigenvalue weighted by Crippen LogP contribution is 2.51. The number of hydrogen-bond donors (Lipinski definition) is 1. The summed E-state index contributed by atoms with van der Waals surface area (Å²) in [4.78, 5) is 14.5. The van der Waals surface area contributed by atoms with Gasteiger partial charge in [0.05, 0.1) is 0 Å². The molecule has 1 aliphatic heterocycles. The second kappa shape index (κ2) is 7.37. The lowest BCUT2D eigenvalue weighted by atomic mass is 9.90. The van der Waals surface area contributed by atoms with E-state index in [0.29, 0.717) is 22.9 Å². The van der Waals surface area contributed by atoms with Crippen molar-refractivity contribution in [3.8, 4) is 0 Å². The molecule has 6 heteroatoms. The largest absolute Gasteiger partial charge is 0.342 e. The predicted octanol–water partition coefficient (Wildman–Crippen LogP) is 3.59. The van der Waals surface area contributed by atoms with E-state index in [0.717, 1.165) is 25.9 Å². The summed E-state index contributed by atoms with van der Waals surface area (Å²) < 4.78 is 13.9. The lowest BCUT2D eigenvalue weighted by Crippen LogP contribution is -2.43. The Balaban J connectivity index is 0.00000192. The summed E-state index contributed by atoms with van der Waals surface area (Å²) in [6, 6.07) is 4.88. The van der Waals surface area contributed by atoms with Crippen LogP contribution in [-0.2, 0) is 4.79 Å². The molecular weight excluding hydrogens is 338 g/mol. The zero-order valence-electron chi connectivity index (χ0n) is 13.2. The second-order valence-corrected chi connectivity index (χ2v) is 7.01. The van der Waals surface area contributed by atoms with Crippen LogP contribution in [0, 0.1) is 17.7 Å². The molecule has 0 spiro atoms. The van der Waals surface area contributed by atoms with Crippen LogP contribution in [0.3, 0.4) is 0 Å². The number of carbonyl (C=O) groups is 1. The zero-order valence-corrected chi connectivity index (χ0v) is 14.7. The van der Waals surface area contributed by atoms with E-state index in [1.807, 2.05) is 11.8 Å². The lowest BCUT2D eigenvalue weighted by molar-refractivity contribution is -0.134. The van der Waals surface area contributed by atoms with Gasteiger partial charge in [-0.3, -0.25) is 4.79 Å². The summed E-state index contributed by atoms with van der Waals surface area (Å²) in [5.74, 6) is 0.171. The molecule has 1 saturated heterocycles. The monoisotopic (exact) mass is 360 g/mol. The molecule has 0 aromatic heterocycles. The maximum atomic E-state index is 13.9. The van der Waals surface area contributed by atoms with Gasteiger partial charge < -0.3 is 10.6 Å². The molecule has 2 N–H and O–H groups in total. The molecule has 1 aromatic carbocycles. The quantitative estimate of drug-likeness (QED) is 0.894. The van der Waals surface area contributed by atoms with Gasteiger partial charge in [-0.2, -0.15) is 0 Å². The third-order valence-corrected chi connectivity index (χ3v) is 5.40. The third-order valence-electron chi connectivity index (χ3n) is 5.07. The van der Waals surface area contributed by atoms with Gasteiger partial charge >= 0.3 is 0 Å². The van der Waals surface area contributed by atoms with Crippen molar-refractivity contribution >= 4 is 29.9 Å². The van der Waals surface area contributed by atoms with Crippen molar-refractivity contribution in [2.45, 2.75) is 38.1 Å². The number of halogens is 3. The Morgan fingerprint density at radius 2 is 2.04 bits per heavy atom. The number of nitrogens with two attached hydrogens (primary N) is 1. The molecular formula is C17H23Cl2FN2O. The van der Waals surface area contributed by atoms with E-state index in [2.05, 4.69) is 0 Å². The van der Waals surface area contributed by atoms with Crippen LogP contribution in [0.5, 0.6) is 0 Å². The van der Waals surface area contributed by atoms with Crippen molar-refractivity contribution in [1.82, 2.24) is 4.90 Å². The van der Waals surface area contributed by atoms with E-state index in [1.54, 1.807) is 12.1 Å². The van der Waals surface area contributed by atoms with E-state index < -0.39 is 0 Å². The molecule has 2 fully saturated rings. The van der Waals surface area contributed by atoms with Gasteiger partial charge in [0.15, 0.2) is 0 Å². The Morgan fingerprint density at radius 3 is 2.61 bits per heavy atom. The van der Waals surface area contributed by atoms with Crippen LogP contribution in [0.15, 0.2) is 18.2 Å². The molecule has 3 unspecified atom stereocenters. The fourth-order valence-corrected chi connectivity index (χ4v) is 3.84. The Kier molecular flexibility index (Phi) is 5.93. The van der Waals surface area contributed by atoms with Crippen LogP contribution in [0.4, 0.5) is 4.39 Å². The van der Waals surface area contributed by atoms with Gasteiger partial charge in [0.2, 0.25) is 5.91 Å². The summed E-state index contributed by atoms with van der Waals surface area (Å²) >= 11 is 6.10. The minimum absolute atomic E-state index is 0. The molecule has 1 aromatic rings. The average Bonchev–Trinajstić information content (AvgIpc) is 3.26. The van der Waals surface area contributed by atoms with Gasteiger partial charge in [-0.25, -0.2) is 4.39 Å². The Labute approximate surface area is 147 Å². The first-order valence-corrected chi connectivity index (χ1v) is 8.35. The smallest absolute Gasteiger partial charge is 0.226 e. The normalized spacial score (nSPS) is 25.7. The summed E-state index contributed by atoms with van der Waals surface area (Å²) in [5, 5.41) is 0.427. The second-order valence-electron chi connectivity index (χ2n) is 6.61. The maximum absolute atomic E-state index is 13.9. The Hall–Kier alpha value is -0.840. The standard InChI is InChI=1S/C17H22ClFN2O.ClH/c1-10(20)11-5-7-21(8-6-11)17(22)13-9-12(13)16-14(18)3-2-4-15(16)19;/h2-4,10-13H,5-9,20H2,1H3;1H. The molecule has 128 valence electrons. The van der Waals surface area contributed by atoms with Gasteiger partial charge in [-0.1, -0.05) is 17.7 Å². The maximum Gasteiger partial charge on any atom is 0.226 e. The highest BCUT2D eigenvalue weighted by atomic mass is 35.5. The van der Waals surface area contributed by atoms with E-state index in [9.17, 15) is 9.18 Å². The number of nitrogens with zero attached hydrogens (tertiary/aromatic N) is 1. The van der Waals surface area contributed by atoms with Crippen LogP contribution in [0.2, 0.25) is 5.02 Å². The van der Waals surface area contributed by atoms with Crippen LogP contribution in [-0.4, -0.2) is 29.9 Å². The first kappa shape index (κ1) is 18.5. The molecule has 23 heavy (non-hydrogen) atoms. The third kappa shape index (κ3) is 3.81. The van der Waals surface area contributed by atoms with E-state index >= 15 is 0 Å². The molecule has 1 amide bonds. The van der Waals surface area contributed by atoms with Crippen LogP contribution < -0.4 is 5.73 Å². The fourth-order valence-electron chi connectivity index (χ4n) is 3.53. The number of amides is 1. The van der Waals surface area contributed by atoms with Crippen molar-refractivity contribution < 1.29 is 9.18 Å². The van der Waals surface area contributed by atoms with Crippen LogP contribution in [0.1, 0.15) is 37.7 Å². The van der Waals surface area contributed by atoms with Crippen molar-refractivity contribution in [1.29, 1.82) is 0 Å². The molecule has 0 radical (unpaired) electrons. The highest BCUT2D eigenvalue weighted by Gasteiger charge is 2.48. The Bertz CT molecular complexity index is 553. The Morgan fingerprint density at radius 1 is 1.39 bits per heavy atom. The first-order valence-electron chi connectivity index (χ1n) is 7.97. The van der Waals surface area contributed by atoms with Crippen molar-refractivity contribution in [3.63, 3.8) is 0 Å². The summed E-state index contributed by atoms with van der Waals surface area (Å²) in [5.41, 5.74) is 6.44. The van der Waals surface area contributed by atoms with Crippen molar-refractivity contribution in [3.05, 3.63) is 34.6 Å². The summed E-state index contributed by atoms with van der Waals surface area (Å²) in [7, 11) is 0. The lowest BCUT2D eigenvalue weighted by Gasteiger charge is -2.34. The predicted molar refractivity (Wildman–Crippen MR) is 92.5 cm³/mol. The number of benzene rings is 1. The topological polar surface area (TPSA) is 46.3 Å². The van der Waals surface area contributed by atoms with Gasteiger partial charge in [-0.15, -0.1) is 12.4 Å². The number of rotatable bonds is 3. The van der Waals surface area contributed by atoms with E-state index in [-0.39, 0.29) is 42.0 Å². The van der Waals surface area contributed by atoms with Gasteiger partial charge in [0.25, 0.3) is 0 Å². The highest BCUT2D eigenvalue weighted by molar-refractivity contribution is 6.31. The summed E-state index contributed by atoms with van der Waals surface area (Å²) in [6.45, 7) is 3.55. The average molecular weight is 361 g/mol. The summed E-state index contributed by atoms with van der Waals surface area (Å²) in [6.07, 6.45) is 2.62. The van der Waals surface area contributed by atoms with Gasteiger partial charge in [0.1, 0.15) is 5.82 Å². The molecule has 3 atom stereocenters. The van der Waals surface area contributed by atoms with Gasteiger partial charge in [0, 0.05) is 41.6 Å². The van der Waals surface area contributed by atoms with Crippen LogP contribution >= 0.6 is 24.0 Å². The molecule has 1 saturated carbocycles. The minimum Gasteiger partial charge on any atom is -0.342 e. The first-order chi connectivity index (χ1) is 10.5. The SMILES string of the molecule is CC(N)C1CCN(C(=O)C2CC2c2c(F)cccc2Cl)CC1.Cl. The van der Waals surface area contributed by atoms with Gasteiger partial charge in [-0.05, 0) is 44.2 Å². The zero-order chi connectivity index (χ0) is 15.9. The number of hydrogen-bond acceptors (Lipinski definition) is 2. The van der Waals surface area contributed by atoms with E-state index in [1.165, 1.54) is 6.07 Å². The molecule has 3 nitrogen and oxygen atoms in total. The van der Waals surface area contributed by atoms with Crippen molar-refractivity contribution in [2.24, 2.45) is 17.6 Å². The minimum atomic E-state index is -0.302. The van der Waals surface area contributed by atoms with Crippen LogP contribution in [0.25, 0.3) is 0 Å². The molecule has 0 bridgehead atoms. The van der Waals surface area contributed by atoms with E-state index in [4.69, 9.17) is 17.3 Å². The number of piperidine rings is 1. The fraction of sp³-hybridized carbons (Fsp3) is 0.588. The number of carbonyl (C=O) groups excluding carboxylic acids is 1. The molecule has 1 aliphatic carbocycles. The molecule has 3 rings (SSSR count). The number of likely N-dealkylation sites (tertiary alicyclic amines) is 1. The molecule has 2 aliphatic rings. The molecule has 1 heterocycles.